The number of aliphatic hydroxyl groups excluding tert-OH is 1. The molecule has 2 heterocycles. The third kappa shape index (κ3) is 4.35. The average Bonchev–Trinajstić information content (AvgIpc) is 3.17. The van der Waals surface area contributed by atoms with Crippen molar-refractivity contribution in [2.24, 2.45) is 5.92 Å². The first kappa shape index (κ1) is 19.1. The number of hydrogen-bond acceptors (Lipinski definition) is 5. The summed E-state index contributed by atoms with van der Waals surface area (Å²) in [5.74, 6) is 0.294. The van der Waals surface area contributed by atoms with Crippen molar-refractivity contribution in [1.29, 1.82) is 0 Å². The van der Waals surface area contributed by atoms with E-state index in [1.807, 2.05) is 70.3 Å². The van der Waals surface area contributed by atoms with E-state index in [-0.39, 0.29) is 18.1 Å². The standard InChI is InChI=1S/C21H29NO4/c1-15(19(23)16-9-6-5-7-10-16)22(4)13-17-14-25-21(2,3)26-20(17)18-11-8-12-24-18/h5-12,15,17,19-20,23H,13-14H2,1-4H3/t15-,17+,19-,20+/m0/s1. The lowest BCUT2D eigenvalue weighted by Gasteiger charge is -2.42. The normalized spacial score (nSPS) is 25.2. The van der Waals surface area contributed by atoms with E-state index in [0.29, 0.717) is 6.61 Å². The van der Waals surface area contributed by atoms with E-state index in [0.717, 1.165) is 17.9 Å². The average molecular weight is 359 g/mol. The summed E-state index contributed by atoms with van der Waals surface area (Å²) in [6.07, 6.45) is 0.950. The molecule has 5 nitrogen and oxygen atoms in total. The fourth-order valence-electron chi connectivity index (χ4n) is 3.43. The Morgan fingerprint density at radius 2 is 1.92 bits per heavy atom. The fraction of sp³-hybridized carbons (Fsp3) is 0.524. The van der Waals surface area contributed by atoms with Gasteiger partial charge in [-0.1, -0.05) is 30.3 Å². The first-order chi connectivity index (χ1) is 12.4. The smallest absolute Gasteiger partial charge is 0.163 e. The molecule has 0 unspecified atom stereocenters. The molecule has 0 bridgehead atoms. The molecule has 0 radical (unpaired) electrons. The summed E-state index contributed by atoms with van der Waals surface area (Å²) in [6.45, 7) is 7.19. The summed E-state index contributed by atoms with van der Waals surface area (Å²) >= 11 is 0. The Kier molecular flexibility index (Phi) is 5.82. The molecule has 2 aromatic rings. The summed E-state index contributed by atoms with van der Waals surface area (Å²) in [5.41, 5.74) is 0.923. The van der Waals surface area contributed by atoms with Crippen LogP contribution in [0.15, 0.2) is 53.1 Å². The lowest BCUT2D eigenvalue weighted by molar-refractivity contribution is -0.300. The lowest BCUT2D eigenvalue weighted by Crippen LogP contribution is -2.47. The molecule has 1 N–H and O–H groups in total. The molecule has 1 fully saturated rings. The van der Waals surface area contributed by atoms with E-state index < -0.39 is 11.9 Å². The quantitative estimate of drug-likeness (QED) is 0.851. The molecule has 4 atom stereocenters. The van der Waals surface area contributed by atoms with E-state index >= 15 is 0 Å². The fourth-order valence-corrected chi connectivity index (χ4v) is 3.43. The molecule has 26 heavy (non-hydrogen) atoms. The second-order valence-corrected chi connectivity index (χ2v) is 7.56. The van der Waals surface area contributed by atoms with Crippen LogP contribution >= 0.6 is 0 Å². The molecule has 1 aromatic heterocycles. The Balaban J connectivity index is 1.69. The molecular weight excluding hydrogens is 330 g/mol. The first-order valence-corrected chi connectivity index (χ1v) is 9.16. The van der Waals surface area contributed by atoms with E-state index in [1.54, 1.807) is 6.26 Å². The van der Waals surface area contributed by atoms with Crippen molar-refractivity contribution in [3.63, 3.8) is 0 Å². The van der Waals surface area contributed by atoms with Crippen molar-refractivity contribution >= 4 is 0 Å². The number of benzene rings is 1. The summed E-state index contributed by atoms with van der Waals surface area (Å²) in [7, 11) is 2.02. The van der Waals surface area contributed by atoms with Gasteiger partial charge in [-0.25, -0.2) is 0 Å². The van der Waals surface area contributed by atoms with Crippen LogP contribution in [0.4, 0.5) is 0 Å². The van der Waals surface area contributed by atoms with Gasteiger partial charge in [-0.2, -0.15) is 0 Å². The molecule has 1 aromatic carbocycles. The Labute approximate surface area is 155 Å². The second-order valence-electron chi connectivity index (χ2n) is 7.56. The summed E-state index contributed by atoms with van der Waals surface area (Å²) in [5, 5.41) is 10.7. The summed E-state index contributed by atoms with van der Waals surface area (Å²) in [4.78, 5) is 2.16. The molecule has 142 valence electrons. The van der Waals surface area contributed by atoms with Crippen molar-refractivity contribution in [3.05, 3.63) is 60.1 Å². The van der Waals surface area contributed by atoms with Crippen LogP contribution in [0.3, 0.4) is 0 Å². The highest BCUT2D eigenvalue weighted by Crippen LogP contribution is 2.37. The van der Waals surface area contributed by atoms with Crippen LogP contribution in [0.2, 0.25) is 0 Å². The molecule has 1 aliphatic rings. The molecule has 3 rings (SSSR count). The van der Waals surface area contributed by atoms with Gasteiger partial charge in [0.2, 0.25) is 0 Å². The third-order valence-electron chi connectivity index (χ3n) is 5.12. The van der Waals surface area contributed by atoms with Gasteiger partial charge in [0.15, 0.2) is 5.79 Å². The number of likely N-dealkylation sites (N-methyl/N-ethyl adjacent to an activating group) is 1. The van der Waals surface area contributed by atoms with Gasteiger partial charge in [-0.15, -0.1) is 0 Å². The first-order valence-electron chi connectivity index (χ1n) is 9.16. The van der Waals surface area contributed by atoms with Crippen LogP contribution in [0.25, 0.3) is 0 Å². The summed E-state index contributed by atoms with van der Waals surface area (Å²) < 4.78 is 17.6. The zero-order valence-electron chi connectivity index (χ0n) is 16.0. The van der Waals surface area contributed by atoms with Crippen molar-refractivity contribution < 1.29 is 19.0 Å². The molecule has 0 saturated carbocycles. The monoisotopic (exact) mass is 359 g/mol. The maximum absolute atomic E-state index is 10.7. The summed E-state index contributed by atoms with van der Waals surface area (Å²) in [6, 6.07) is 13.5. The van der Waals surface area contributed by atoms with Gasteiger partial charge < -0.3 is 23.9 Å². The molecular formula is C21H29NO4. The number of aliphatic hydroxyl groups is 1. The molecule has 0 amide bonds. The maximum Gasteiger partial charge on any atom is 0.163 e. The highest BCUT2D eigenvalue weighted by atomic mass is 16.7. The van der Waals surface area contributed by atoms with Gasteiger partial charge in [-0.3, -0.25) is 0 Å². The van der Waals surface area contributed by atoms with Crippen LogP contribution in [-0.2, 0) is 9.47 Å². The largest absolute Gasteiger partial charge is 0.467 e. The van der Waals surface area contributed by atoms with Crippen LogP contribution < -0.4 is 0 Å². The second kappa shape index (κ2) is 7.92. The number of ether oxygens (including phenoxy) is 2. The van der Waals surface area contributed by atoms with E-state index in [4.69, 9.17) is 13.9 Å². The highest BCUT2D eigenvalue weighted by molar-refractivity contribution is 5.18. The number of furan rings is 1. The Morgan fingerprint density at radius 3 is 2.58 bits per heavy atom. The van der Waals surface area contributed by atoms with Gasteiger partial charge in [0.1, 0.15) is 11.9 Å². The Hall–Kier alpha value is -1.66. The van der Waals surface area contributed by atoms with Gasteiger partial charge in [-0.05, 0) is 45.5 Å². The third-order valence-corrected chi connectivity index (χ3v) is 5.12. The molecule has 0 spiro atoms. The van der Waals surface area contributed by atoms with Crippen LogP contribution in [0.5, 0.6) is 0 Å². The van der Waals surface area contributed by atoms with Gasteiger partial charge in [0.25, 0.3) is 0 Å². The number of nitrogens with zero attached hydrogens (tertiary/aromatic N) is 1. The van der Waals surface area contributed by atoms with E-state index in [9.17, 15) is 5.11 Å². The van der Waals surface area contributed by atoms with Gasteiger partial charge >= 0.3 is 0 Å². The Bertz CT molecular complexity index is 671. The van der Waals surface area contributed by atoms with Crippen LogP contribution in [0.1, 0.15) is 44.3 Å². The number of hydrogen-bond donors (Lipinski definition) is 1. The van der Waals surface area contributed by atoms with E-state index in [2.05, 4.69) is 4.90 Å². The van der Waals surface area contributed by atoms with Crippen molar-refractivity contribution in [3.8, 4) is 0 Å². The minimum absolute atomic E-state index is 0.0374. The molecule has 1 aliphatic heterocycles. The van der Waals surface area contributed by atoms with E-state index in [1.165, 1.54) is 0 Å². The van der Waals surface area contributed by atoms with Gasteiger partial charge in [0, 0.05) is 18.5 Å². The molecule has 5 heteroatoms. The lowest BCUT2D eigenvalue weighted by atomic mass is 9.96. The predicted octanol–water partition coefficient (Wildman–Crippen LogP) is 3.77. The maximum atomic E-state index is 10.7. The van der Waals surface area contributed by atoms with Crippen molar-refractivity contribution in [1.82, 2.24) is 4.90 Å². The SMILES string of the molecule is C[C@@H]([C@H](O)c1ccccc1)N(C)C[C@@H]1COC(C)(C)O[C@H]1c1ccco1. The molecule has 0 aliphatic carbocycles. The topological polar surface area (TPSA) is 55.1 Å². The van der Waals surface area contributed by atoms with Crippen LogP contribution in [0, 0.1) is 5.92 Å². The predicted molar refractivity (Wildman–Crippen MR) is 99.5 cm³/mol. The van der Waals surface area contributed by atoms with Crippen molar-refractivity contribution in [2.75, 3.05) is 20.2 Å². The highest BCUT2D eigenvalue weighted by Gasteiger charge is 2.40. The Morgan fingerprint density at radius 1 is 1.19 bits per heavy atom. The zero-order chi connectivity index (χ0) is 18.7. The van der Waals surface area contributed by atoms with Crippen LogP contribution in [-0.4, -0.2) is 42.0 Å². The molecule has 1 saturated heterocycles. The minimum Gasteiger partial charge on any atom is -0.467 e. The van der Waals surface area contributed by atoms with Crippen molar-refractivity contribution in [2.45, 2.75) is 44.8 Å². The van der Waals surface area contributed by atoms with Gasteiger partial charge in [0.05, 0.1) is 19.0 Å². The zero-order valence-corrected chi connectivity index (χ0v) is 16.0. The minimum atomic E-state index is -0.637. The number of rotatable bonds is 6.